The van der Waals surface area contributed by atoms with Gasteiger partial charge in [-0.25, -0.2) is 4.90 Å². The molecule has 1 saturated carbocycles. The minimum absolute atomic E-state index is 0.151. The Morgan fingerprint density at radius 3 is 2.65 bits per heavy atom. The molecule has 0 radical (unpaired) electrons. The van der Waals surface area contributed by atoms with Crippen molar-refractivity contribution >= 4 is 17.6 Å². The molecular formula is C14H16N4O2. The third kappa shape index (κ3) is 1.66. The lowest BCUT2D eigenvalue weighted by Gasteiger charge is -2.30. The van der Waals surface area contributed by atoms with Crippen molar-refractivity contribution in [3.63, 3.8) is 0 Å². The molecule has 2 fully saturated rings. The van der Waals surface area contributed by atoms with Crippen molar-refractivity contribution in [1.29, 1.82) is 5.26 Å². The summed E-state index contributed by atoms with van der Waals surface area (Å²) in [7, 11) is 1.64. The summed E-state index contributed by atoms with van der Waals surface area (Å²) in [5, 5.41) is 13.1. The van der Waals surface area contributed by atoms with Gasteiger partial charge in [0.15, 0.2) is 5.82 Å². The van der Waals surface area contributed by atoms with Crippen LogP contribution in [0.4, 0.5) is 5.82 Å². The Morgan fingerprint density at radius 2 is 2.00 bits per heavy atom. The highest BCUT2D eigenvalue weighted by Crippen LogP contribution is 2.46. The average molecular weight is 272 g/mol. The summed E-state index contributed by atoms with van der Waals surface area (Å²) in [6, 6.07) is 2.00. The summed E-state index contributed by atoms with van der Waals surface area (Å²) >= 11 is 0. The highest BCUT2D eigenvalue weighted by atomic mass is 16.2. The maximum atomic E-state index is 12.8. The van der Waals surface area contributed by atoms with Crippen LogP contribution in [0.2, 0.25) is 0 Å². The highest BCUT2D eigenvalue weighted by molar-refractivity contribution is 6.22. The molecule has 0 aromatic carbocycles. The molecule has 3 rings (SSSR count). The minimum atomic E-state index is -0.535. The second-order valence-corrected chi connectivity index (χ2v) is 5.67. The highest BCUT2D eigenvalue weighted by Gasteiger charge is 2.53. The Labute approximate surface area is 117 Å². The van der Waals surface area contributed by atoms with Crippen LogP contribution in [-0.4, -0.2) is 21.6 Å². The molecule has 20 heavy (non-hydrogen) atoms. The van der Waals surface area contributed by atoms with Gasteiger partial charge in [-0.15, -0.1) is 0 Å². The molecular weight excluding hydrogens is 256 g/mol. The van der Waals surface area contributed by atoms with Crippen molar-refractivity contribution in [1.82, 2.24) is 9.78 Å². The van der Waals surface area contributed by atoms with Crippen LogP contribution in [0.1, 0.15) is 44.1 Å². The average Bonchev–Trinajstić information content (AvgIpc) is 2.90. The van der Waals surface area contributed by atoms with Gasteiger partial charge in [0.2, 0.25) is 11.8 Å². The van der Waals surface area contributed by atoms with Crippen LogP contribution in [0.3, 0.4) is 0 Å². The first kappa shape index (κ1) is 12.9. The zero-order valence-electron chi connectivity index (χ0n) is 11.4. The van der Waals surface area contributed by atoms with Gasteiger partial charge in [0.25, 0.3) is 0 Å². The van der Waals surface area contributed by atoms with Gasteiger partial charge in [-0.2, -0.15) is 10.4 Å². The van der Waals surface area contributed by atoms with E-state index in [1.165, 1.54) is 15.8 Å². The number of hydrogen-bond acceptors (Lipinski definition) is 4. The van der Waals surface area contributed by atoms with Crippen molar-refractivity contribution in [2.45, 2.75) is 38.5 Å². The second-order valence-electron chi connectivity index (χ2n) is 5.67. The van der Waals surface area contributed by atoms with Crippen LogP contribution in [0, 0.1) is 16.7 Å². The van der Waals surface area contributed by atoms with Gasteiger partial charge in [-0.3, -0.25) is 14.3 Å². The van der Waals surface area contributed by atoms with Crippen LogP contribution in [0.25, 0.3) is 0 Å². The van der Waals surface area contributed by atoms with Crippen LogP contribution in [-0.2, 0) is 16.6 Å². The van der Waals surface area contributed by atoms with Crippen molar-refractivity contribution in [2.24, 2.45) is 12.5 Å². The molecule has 6 nitrogen and oxygen atoms in total. The third-order valence-electron chi connectivity index (χ3n) is 4.45. The number of hydrogen-bond donors (Lipinski definition) is 0. The molecule has 1 aliphatic carbocycles. The standard InChI is InChI=1S/C14H16N4O2/c1-17-12(10(8-15)9-16-17)18-11(19)7-14(13(18)20)5-3-2-4-6-14/h9H,2-7H2,1H3. The van der Waals surface area contributed by atoms with Crippen LogP contribution in [0.5, 0.6) is 0 Å². The first-order valence-corrected chi connectivity index (χ1v) is 6.88. The Bertz CT molecular complexity index is 620. The lowest BCUT2D eigenvalue weighted by atomic mass is 9.73. The molecule has 2 amide bonds. The molecule has 1 aliphatic heterocycles. The zero-order valence-corrected chi connectivity index (χ0v) is 11.4. The first-order valence-electron chi connectivity index (χ1n) is 6.88. The van der Waals surface area contributed by atoms with Gasteiger partial charge in [-0.05, 0) is 12.8 Å². The van der Waals surface area contributed by atoms with E-state index in [0.717, 1.165) is 32.1 Å². The molecule has 0 bridgehead atoms. The van der Waals surface area contributed by atoms with Gasteiger partial charge in [0.1, 0.15) is 11.6 Å². The third-order valence-corrected chi connectivity index (χ3v) is 4.45. The zero-order chi connectivity index (χ0) is 14.3. The molecule has 0 unspecified atom stereocenters. The molecule has 1 aromatic rings. The summed E-state index contributed by atoms with van der Waals surface area (Å²) in [6.07, 6.45) is 6.30. The summed E-state index contributed by atoms with van der Waals surface area (Å²) in [5.41, 5.74) is -0.270. The van der Waals surface area contributed by atoms with Crippen molar-refractivity contribution in [3.8, 4) is 6.07 Å². The number of imide groups is 1. The Morgan fingerprint density at radius 1 is 1.30 bits per heavy atom. The van der Waals surface area contributed by atoms with Gasteiger partial charge in [0.05, 0.1) is 11.6 Å². The maximum Gasteiger partial charge on any atom is 0.241 e. The SMILES string of the molecule is Cn1ncc(C#N)c1N1C(=O)CC2(CCCCC2)C1=O. The Hall–Kier alpha value is -2.16. The Balaban J connectivity index is 2.03. The maximum absolute atomic E-state index is 12.8. The van der Waals surface area contributed by atoms with E-state index in [1.807, 2.05) is 6.07 Å². The topological polar surface area (TPSA) is 79.0 Å². The molecule has 2 heterocycles. The predicted octanol–water partition coefficient (Wildman–Crippen LogP) is 1.51. The van der Waals surface area contributed by atoms with Gasteiger partial charge >= 0.3 is 0 Å². The fraction of sp³-hybridized carbons (Fsp3) is 0.571. The van der Waals surface area contributed by atoms with Crippen LogP contribution >= 0.6 is 0 Å². The van der Waals surface area contributed by atoms with Gasteiger partial charge in [-0.1, -0.05) is 19.3 Å². The summed E-state index contributed by atoms with van der Waals surface area (Å²) in [6.45, 7) is 0. The number of aromatic nitrogens is 2. The van der Waals surface area contributed by atoms with E-state index in [2.05, 4.69) is 5.10 Å². The second kappa shape index (κ2) is 4.44. The monoisotopic (exact) mass is 272 g/mol. The number of rotatable bonds is 1. The normalized spacial score (nSPS) is 21.5. The van der Waals surface area contributed by atoms with Crippen molar-refractivity contribution in [3.05, 3.63) is 11.8 Å². The summed E-state index contributed by atoms with van der Waals surface area (Å²) in [4.78, 5) is 26.3. The van der Waals surface area contributed by atoms with E-state index < -0.39 is 5.41 Å². The van der Waals surface area contributed by atoms with Gasteiger partial charge in [0, 0.05) is 13.5 Å². The fourth-order valence-electron chi connectivity index (χ4n) is 3.40. The van der Waals surface area contributed by atoms with Crippen molar-refractivity contribution < 1.29 is 9.59 Å². The lowest BCUT2D eigenvalue weighted by molar-refractivity contribution is -0.127. The van der Waals surface area contributed by atoms with E-state index in [-0.39, 0.29) is 23.8 Å². The van der Waals surface area contributed by atoms with E-state index in [1.54, 1.807) is 7.05 Å². The number of nitriles is 1. The molecule has 1 saturated heterocycles. The quantitative estimate of drug-likeness (QED) is 0.726. The number of aryl methyl sites for hydroxylation is 1. The number of carbonyl (C=O) groups is 2. The minimum Gasteiger partial charge on any atom is -0.274 e. The molecule has 0 atom stereocenters. The molecule has 1 aromatic heterocycles. The number of anilines is 1. The van der Waals surface area contributed by atoms with E-state index in [0.29, 0.717) is 5.82 Å². The molecule has 104 valence electrons. The lowest BCUT2D eigenvalue weighted by Crippen LogP contribution is -2.38. The van der Waals surface area contributed by atoms with E-state index in [9.17, 15) is 9.59 Å². The molecule has 2 aliphatic rings. The number of nitrogens with zero attached hydrogens (tertiary/aromatic N) is 4. The molecule has 6 heteroatoms. The summed E-state index contributed by atoms with van der Waals surface area (Å²) < 4.78 is 1.43. The van der Waals surface area contributed by atoms with Gasteiger partial charge < -0.3 is 0 Å². The van der Waals surface area contributed by atoms with E-state index >= 15 is 0 Å². The largest absolute Gasteiger partial charge is 0.274 e. The van der Waals surface area contributed by atoms with E-state index in [4.69, 9.17) is 5.26 Å². The summed E-state index contributed by atoms with van der Waals surface area (Å²) in [5.74, 6) is -0.0516. The number of carbonyl (C=O) groups excluding carboxylic acids is 2. The Kier molecular flexibility index (Phi) is 2.85. The predicted molar refractivity (Wildman–Crippen MR) is 70.6 cm³/mol. The van der Waals surface area contributed by atoms with Crippen molar-refractivity contribution in [2.75, 3.05) is 4.90 Å². The fourth-order valence-corrected chi connectivity index (χ4v) is 3.40. The first-order chi connectivity index (χ1) is 9.59. The molecule has 0 N–H and O–H groups in total. The van der Waals surface area contributed by atoms with Crippen LogP contribution in [0.15, 0.2) is 6.20 Å². The molecule has 1 spiro atoms. The van der Waals surface area contributed by atoms with Crippen LogP contribution < -0.4 is 4.90 Å². The number of amides is 2. The smallest absolute Gasteiger partial charge is 0.241 e.